The zero-order chi connectivity index (χ0) is 19.6. The van der Waals surface area contributed by atoms with Crippen molar-refractivity contribution in [3.63, 3.8) is 0 Å². The average molecular weight is 392 g/mol. The summed E-state index contributed by atoms with van der Waals surface area (Å²) in [7, 11) is 1.77. The van der Waals surface area contributed by atoms with Crippen LogP contribution in [0.4, 0.5) is 4.79 Å². The minimum absolute atomic E-state index is 0.328. The average Bonchev–Trinajstić information content (AvgIpc) is 3.15. The van der Waals surface area contributed by atoms with Gasteiger partial charge in [0.25, 0.3) is 0 Å². The normalized spacial score (nSPS) is 22.5. The molecule has 0 saturated heterocycles. The van der Waals surface area contributed by atoms with Crippen LogP contribution in [-0.4, -0.2) is 44.9 Å². The second-order valence-electron chi connectivity index (χ2n) is 7.32. The van der Waals surface area contributed by atoms with E-state index in [1.165, 1.54) is 0 Å². The summed E-state index contributed by atoms with van der Waals surface area (Å²) in [5.41, 5.74) is 1.15. The molecule has 1 amide bonds. The van der Waals surface area contributed by atoms with E-state index in [1.807, 2.05) is 25.1 Å². The molecule has 0 bridgehead atoms. The Kier molecular flexibility index (Phi) is 5.69. The van der Waals surface area contributed by atoms with Gasteiger partial charge < -0.3 is 4.74 Å². The first-order chi connectivity index (χ1) is 12.9. The minimum atomic E-state index is -0.611. The van der Waals surface area contributed by atoms with E-state index in [0.29, 0.717) is 23.4 Å². The molecular weight excluding hydrogens is 366 g/mol. The van der Waals surface area contributed by atoms with Gasteiger partial charge in [-0.2, -0.15) is 4.68 Å². The lowest BCUT2D eigenvalue weighted by atomic mass is 9.75. The largest absolute Gasteiger partial charge is 0.450 e. The fourth-order valence-electron chi connectivity index (χ4n) is 3.71. The molecule has 2 aromatic rings. The van der Waals surface area contributed by atoms with E-state index >= 15 is 0 Å². The zero-order valence-corrected chi connectivity index (χ0v) is 17.0. The van der Waals surface area contributed by atoms with Crippen LogP contribution in [0.3, 0.4) is 0 Å². The van der Waals surface area contributed by atoms with Crippen LogP contribution in [-0.2, 0) is 10.3 Å². The van der Waals surface area contributed by atoms with E-state index in [4.69, 9.17) is 16.3 Å². The molecule has 146 valence electrons. The van der Waals surface area contributed by atoms with Crippen molar-refractivity contribution >= 4 is 17.7 Å². The van der Waals surface area contributed by atoms with Crippen molar-refractivity contribution in [1.29, 1.82) is 0 Å². The lowest BCUT2D eigenvalue weighted by Crippen LogP contribution is -2.51. The molecule has 27 heavy (non-hydrogen) atoms. The third kappa shape index (κ3) is 3.65. The molecule has 0 N–H and O–H groups in total. The molecule has 8 heteroatoms. The Hall–Kier alpha value is -2.15. The Balaban J connectivity index is 2.07. The van der Waals surface area contributed by atoms with Crippen LogP contribution in [0.2, 0.25) is 5.02 Å². The summed E-state index contributed by atoms with van der Waals surface area (Å²) in [5, 5.41) is 13.1. The summed E-state index contributed by atoms with van der Waals surface area (Å²) in [5.74, 6) is 1.25. The molecule has 1 fully saturated rings. The number of carbonyl (C=O) groups excluding carboxylic acids is 1. The Bertz CT molecular complexity index is 814. The number of ether oxygens (including phenoxy) is 1. The molecule has 0 atom stereocenters. The highest BCUT2D eigenvalue weighted by Crippen LogP contribution is 2.43. The van der Waals surface area contributed by atoms with E-state index in [9.17, 15) is 4.79 Å². The van der Waals surface area contributed by atoms with E-state index in [-0.39, 0.29) is 6.09 Å². The van der Waals surface area contributed by atoms with Crippen molar-refractivity contribution in [2.24, 2.45) is 5.92 Å². The van der Waals surface area contributed by atoms with Gasteiger partial charge in [0.15, 0.2) is 5.82 Å². The first kappa shape index (κ1) is 19.6. The van der Waals surface area contributed by atoms with Crippen LogP contribution < -0.4 is 0 Å². The number of hydrogen-bond acceptors (Lipinski definition) is 5. The van der Waals surface area contributed by atoms with Gasteiger partial charge in [0, 0.05) is 12.1 Å². The number of benzene rings is 1. The third-order valence-corrected chi connectivity index (χ3v) is 5.98. The molecule has 1 aromatic carbocycles. The van der Waals surface area contributed by atoms with Crippen LogP contribution >= 0.6 is 11.6 Å². The number of rotatable bonds is 4. The van der Waals surface area contributed by atoms with Crippen molar-refractivity contribution in [3.05, 3.63) is 34.6 Å². The number of carbonyl (C=O) groups is 1. The third-order valence-electron chi connectivity index (χ3n) is 5.57. The Morgan fingerprint density at radius 3 is 2.74 bits per heavy atom. The van der Waals surface area contributed by atoms with Gasteiger partial charge in [0.1, 0.15) is 5.54 Å². The van der Waals surface area contributed by atoms with Crippen molar-refractivity contribution in [1.82, 2.24) is 25.1 Å². The highest BCUT2D eigenvalue weighted by atomic mass is 35.5. The van der Waals surface area contributed by atoms with E-state index in [2.05, 4.69) is 22.4 Å². The first-order valence-electron chi connectivity index (χ1n) is 9.35. The Morgan fingerprint density at radius 2 is 2.11 bits per heavy atom. The van der Waals surface area contributed by atoms with E-state index < -0.39 is 5.54 Å². The van der Waals surface area contributed by atoms with Crippen molar-refractivity contribution < 1.29 is 9.53 Å². The van der Waals surface area contributed by atoms with E-state index in [0.717, 1.165) is 36.9 Å². The summed E-state index contributed by atoms with van der Waals surface area (Å²) in [6.45, 7) is 6.32. The number of tetrazole rings is 1. The van der Waals surface area contributed by atoms with Gasteiger partial charge in [-0.25, -0.2) is 4.79 Å². The van der Waals surface area contributed by atoms with Crippen LogP contribution in [0.5, 0.6) is 0 Å². The Labute approximate surface area is 164 Å². The maximum Gasteiger partial charge on any atom is 0.410 e. The van der Waals surface area contributed by atoms with E-state index in [1.54, 1.807) is 23.6 Å². The molecule has 0 radical (unpaired) electrons. The van der Waals surface area contributed by atoms with Crippen molar-refractivity contribution in [2.75, 3.05) is 13.7 Å². The number of aryl methyl sites for hydroxylation is 1. The fraction of sp³-hybridized carbons (Fsp3) is 0.579. The van der Waals surface area contributed by atoms with Crippen LogP contribution in [0.1, 0.15) is 50.9 Å². The van der Waals surface area contributed by atoms with Crippen LogP contribution in [0.25, 0.3) is 5.69 Å². The summed E-state index contributed by atoms with van der Waals surface area (Å²) in [6.07, 6.45) is 3.19. The molecule has 1 aliphatic carbocycles. The van der Waals surface area contributed by atoms with Crippen LogP contribution in [0, 0.1) is 12.8 Å². The topological polar surface area (TPSA) is 73.1 Å². The zero-order valence-electron chi connectivity index (χ0n) is 16.3. The molecule has 1 saturated carbocycles. The molecule has 1 heterocycles. The monoisotopic (exact) mass is 391 g/mol. The number of nitrogens with zero attached hydrogens (tertiary/aromatic N) is 5. The smallest absolute Gasteiger partial charge is 0.410 e. The van der Waals surface area contributed by atoms with Crippen molar-refractivity contribution in [3.8, 4) is 5.69 Å². The highest BCUT2D eigenvalue weighted by molar-refractivity contribution is 6.31. The minimum Gasteiger partial charge on any atom is -0.450 e. The number of amides is 1. The predicted octanol–water partition coefficient (Wildman–Crippen LogP) is 4.12. The maximum absolute atomic E-state index is 12.6. The molecule has 0 aliphatic heterocycles. The lowest BCUT2D eigenvalue weighted by Gasteiger charge is -2.44. The highest BCUT2D eigenvalue weighted by Gasteiger charge is 2.46. The molecule has 0 unspecified atom stereocenters. The number of aromatic nitrogens is 4. The summed E-state index contributed by atoms with van der Waals surface area (Å²) < 4.78 is 6.97. The fourth-order valence-corrected chi connectivity index (χ4v) is 3.88. The van der Waals surface area contributed by atoms with Gasteiger partial charge >= 0.3 is 6.09 Å². The van der Waals surface area contributed by atoms with Gasteiger partial charge in [0.05, 0.1) is 12.3 Å². The molecule has 1 aliphatic rings. The second kappa shape index (κ2) is 7.84. The SMILES string of the molecule is CCOC(=O)N(C)C1(c2nnnn2-c2ccc(C)c(Cl)c2)CCC(C)CC1. The van der Waals surface area contributed by atoms with Gasteiger partial charge in [-0.1, -0.05) is 24.6 Å². The summed E-state index contributed by atoms with van der Waals surface area (Å²) >= 11 is 6.31. The van der Waals surface area contributed by atoms with Gasteiger partial charge in [-0.3, -0.25) is 4.90 Å². The molecular formula is C19H26ClN5O2. The molecule has 7 nitrogen and oxygen atoms in total. The van der Waals surface area contributed by atoms with Gasteiger partial charge in [-0.05, 0) is 73.6 Å². The lowest BCUT2D eigenvalue weighted by molar-refractivity contribution is 0.0311. The number of halogens is 1. The number of hydrogen-bond donors (Lipinski definition) is 0. The molecule has 3 rings (SSSR count). The van der Waals surface area contributed by atoms with Gasteiger partial charge in [-0.15, -0.1) is 5.10 Å². The quantitative estimate of drug-likeness (QED) is 0.783. The molecule has 1 aromatic heterocycles. The predicted molar refractivity (Wildman–Crippen MR) is 103 cm³/mol. The molecule has 0 spiro atoms. The standard InChI is InChI=1S/C19H26ClN5O2/c1-5-27-18(26)24(4)19(10-8-13(2)9-11-19)17-21-22-23-25(17)15-7-6-14(3)16(20)12-15/h6-7,12-13H,5,8-11H2,1-4H3. The van der Waals surface area contributed by atoms with Crippen LogP contribution in [0.15, 0.2) is 18.2 Å². The summed E-state index contributed by atoms with van der Waals surface area (Å²) in [6, 6.07) is 5.72. The Morgan fingerprint density at radius 1 is 1.41 bits per heavy atom. The van der Waals surface area contributed by atoms with Gasteiger partial charge in [0.2, 0.25) is 0 Å². The first-order valence-corrected chi connectivity index (χ1v) is 9.73. The second-order valence-corrected chi connectivity index (χ2v) is 7.73. The van der Waals surface area contributed by atoms with Crippen molar-refractivity contribution in [2.45, 2.75) is 52.0 Å². The maximum atomic E-state index is 12.6. The summed E-state index contributed by atoms with van der Waals surface area (Å²) in [4.78, 5) is 14.2.